The summed E-state index contributed by atoms with van der Waals surface area (Å²) >= 11 is 0. The molecule has 20 heavy (non-hydrogen) atoms. The topological polar surface area (TPSA) is 55.1 Å². The average Bonchev–Trinajstić information content (AvgIpc) is 2.42. The second kappa shape index (κ2) is 8.28. The highest BCUT2D eigenvalue weighted by atomic mass is 35.5. The summed E-state index contributed by atoms with van der Waals surface area (Å²) in [6, 6.07) is 10.3. The maximum Gasteiger partial charge on any atom is 0.220 e. The highest BCUT2D eigenvalue weighted by molar-refractivity contribution is 5.85. The number of benzene rings is 1. The zero-order valence-corrected chi connectivity index (χ0v) is 12.9. The number of nitrogens with one attached hydrogen (secondary N) is 1. The summed E-state index contributed by atoms with van der Waals surface area (Å²) in [5.41, 5.74) is 7.23. The van der Waals surface area contributed by atoms with E-state index in [1.54, 1.807) is 0 Å². The summed E-state index contributed by atoms with van der Waals surface area (Å²) in [6.07, 6.45) is 5.14. The van der Waals surface area contributed by atoms with E-state index in [0.717, 1.165) is 18.4 Å². The predicted molar refractivity (Wildman–Crippen MR) is 84.8 cm³/mol. The Bertz CT molecular complexity index is 410. The van der Waals surface area contributed by atoms with Crippen LogP contribution in [0, 0.1) is 5.92 Å². The molecule has 0 bridgehead atoms. The molecule has 4 heteroatoms. The smallest absolute Gasteiger partial charge is 0.220 e. The van der Waals surface area contributed by atoms with Crippen molar-refractivity contribution in [2.24, 2.45) is 11.7 Å². The lowest BCUT2D eigenvalue weighted by Crippen LogP contribution is -2.37. The number of carbonyl (C=O) groups is 1. The van der Waals surface area contributed by atoms with Crippen molar-refractivity contribution < 1.29 is 4.79 Å². The Morgan fingerprint density at radius 1 is 1.30 bits per heavy atom. The largest absolute Gasteiger partial charge is 0.350 e. The number of hydrogen-bond acceptors (Lipinski definition) is 2. The van der Waals surface area contributed by atoms with Gasteiger partial charge in [0.2, 0.25) is 5.91 Å². The van der Waals surface area contributed by atoms with Gasteiger partial charge in [0.05, 0.1) is 6.04 Å². The first kappa shape index (κ1) is 17.0. The number of halogens is 1. The van der Waals surface area contributed by atoms with E-state index in [1.807, 2.05) is 37.3 Å². The van der Waals surface area contributed by atoms with Crippen LogP contribution in [0.2, 0.25) is 0 Å². The van der Waals surface area contributed by atoms with E-state index in [4.69, 9.17) is 5.73 Å². The molecule has 3 N–H and O–H groups in total. The Morgan fingerprint density at radius 2 is 1.95 bits per heavy atom. The molecule has 1 aromatic carbocycles. The van der Waals surface area contributed by atoms with E-state index in [2.05, 4.69) is 5.32 Å². The maximum atomic E-state index is 12.1. The molecule has 0 aromatic heterocycles. The van der Waals surface area contributed by atoms with Gasteiger partial charge >= 0.3 is 0 Å². The third-order valence-corrected chi connectivity index (χ3v) is 4.09. The number of rotatable bonds is 4. The molecule has 1 aromatic rings. The van der Waals surface area contributed by atoms with Gasteiger partial charge in [0.25, 0.3) is 0 Å². The standard InChI is InChI=1S/C16H24N2O.ClH/c1-12(13-7-3-2-4-8-13)18-16(19)11-14-9-5-6-10-15(14)17;/h2-4,7-8,12,14-15H,5-6,9-11,17H2,1H3,(H,18,19);1H. The molecule has 1 aliphatic rings. The zero-order chi connectivity index (χ0) is 13.7. The van der Waals surface area contributed by atoms with Gasteiger partial charge in [0.1, 0.15) is 0 Å². The van der Waals surface area contributed by atoms with E-state index < -0.39 is 0 Å². The Morgan fingerprint density at radius 3 is 2.60 bits per heavy atom. The van der Waals surface area contributed by atoms with Crippen LogP contribution >= 0.6 is 12.4 Å². The number of amides is 1. The molecule has 112 valence electrons. The molecule has 3 nitrogen and oxygen atoms in total. The fourth-order valence-corrected chi connectivity index (χ4v) is 2.85. The first-order valence-electron chi connectivity index (χ1n) is 7.26. The molecule has 0 aliphatic heterocycles. The number of nitrogens with two attached hydrogens (primary N) is 1. The van der Waals surface area contributed by atoms with Crippen LogP contribution in [0.4, 0.5) is 0 Å². The second-order valence-electron chi connectivity index (χ2n) is 5.61. The lowest BCUT2D eigenvalue weighted by Gasteiger charge is -2.28. The van der Waals surface area contributed by atoms with Crippen molar-refractivity contribution in [1.82, 2.24) is 5.32 Å². The minimum Gasteiger partial charge on any atom is -0.350 e. The van der Waals surface area contributed by atoms with Crippen LogP contribution in [0.1, 0.15) is 50.6 Å². The van der Waals surface area contributed by atoms with Crippen LogP contribution in [-0.4, -0.2) is 11.9 Å². The molecule has 0 saturated heterocycles. The van der Waals surface area contributed by atoms with Crippen LogP contribution in [0.25, 0.3) is 0 Å². The normalized spacial score (nSPS) is 23.5. The van der Waals surface area contributed by atoms with Gasteiger partial charge in [-0.1, -0.05) is 43.2 Å². The van der Waals surface area contributed by atoms with E-state index in [-0.39, 0.29) is 30.4 Å². The summed E-state index contributed by atoms with van der Waals surface area (Å²) in [5, 5.41) is 3.07. The molecule has 0 spiro atoms. The minimum atomic E-state index is 0. The highest BCUT2D eigenvalue weighted by Crippen LogP contribution is 2.25. The van der Waals surface area contributed by atoms with E-state index >= 15 is 0 Å². The Labute approximate surface area is 127 Å². The van der Waals surface area contributed by atoms with Gasteiger partial charge in [-0.25, -0.2) is 0 Å². The number of hydrogen-bond donors (Lipinski definition) is 2. The third kappa shape index (κ3) is 4.80. The molecule has 0 radical (unpaired) electrons. The van der Waals surface area contributed by atoms with Crippen molar-refractivity contribution in [1.29, 1.82) is 0 Å². The molecule has 1 fully saturated rings. The third-order valence-electron chi connectivity index (χ3n) is 4.09. The Kier molecular flexibility index (Phi) is 7.03. The Hall–Kier alpha value is -1.06. The first-order chi connectivity index (χ1) is 9.16. The average molecular weight is 297 g/mol. The van der Waals surface area contributed by atoms with Crippen molar-refractivity contribution in [3.05, 3.63) is 35.9 Å². The molecular weight excluding hydrogens is 272 g/mol. The SMILES string of the molecule is CC(NC(=O)CC1CCCCC1N)c1ccccc1.Cl. The summed E-state index contributed by atoms with van der Waals surface area (Å²) < 4.78 is 0. The van der Waals surface area contributed by atoms with Crippen LogP contribution in [0.5, 0.6) is 0 Å². The summed E-state index contributed by atoms with van der Waals surface area (Å²) in [7, 11) is 0. The van der Waals surface area contributed by atoms with Crippen LogP contribution in [0.3, 0.4) is 0 Å². The molecule has 3 atom stereocenters. The van der Waals surface area contributed by atoms with Crippen LogP contribution < -0.4 is 11.1 Å². The molecular formula is C16H25ClN2O. The van der Waals surface area contributed by atoms with Gasteiger partial charge in [0.15, 0.2) is 0 Å². The molecule has 1 aliphatic carbocycles. The van der Waals surface area contributed by atoms with Crippen LogP contribution in [0.15, 0.2) is 30.3 Å². The van der Waals surface area contributed by atoms with Crippen molar-refractivity contribution >= 4 is 18.3 Å². The minimum absolute atomic E-state index is 0. The maximum absolute atomic E-state index is 12.1. The fourth-order valence-electron chi connectivity index (χ4n) is 2.85. The van der Waals surface area contributed by atoms with Crippen molar-refractivity contribution in [3.63, 3.8) is 0 Å². The molecule has 1 amide bonds. The Balaban J connectivity index is 0.00000200. The highest BCUT2D eigenvalue weighted by Gasteiger charge is 2.24. The molecule has 2 rings (SSSR count). The van der Waals surface area contributed by atoms with E-state index in [0.29, 0.717) is 12.3 Å². The zero-order valence-electron chi connectivity index (χ0n) is 12.0. The van der Waals surface area contributed by atoms with Crippen LogP contribution in [-0.2, 0) is 4.79 Å². The van der Waals surface area contributed by atoms with Gasteiger partial charge < -0.3 is 11.1 Å². The van der Waals surface area contributed by atoms with E-state index in [1.165, 1.54) is 12.8 Å². The first-order valence-corrected chi connectivity index (χ1v) is 7.26. The van der Waals surface area contributed by atoms with Crippen molar-refractivity contribution in [2.75, 3.05) is 0 Å². The van der Waals surface area contributed by atoms with Gasteiger partial charge in [-0.05, 0) is 31.2 Å². The summed E-state index contributed by atoms with van der Waals surface area (Å²) in [4.78, 5) is 12.1. The quantitative estimate of drug-likeness (QED) is 0.896. The van der Waals surface area contributed by atoms with Gasteiger partial charge in [-0.2, -0.15) is 0 Å². The number of carbonyl (C=O) groups excluding carboxylic acids is 1. The summed E-state index contributed by atoms with van der Waals surface area (Å²) in [5.74, 6) is 0.482. The van der Waals surface area contributed by atoms with Gasteiger partial charge in [-0.3, -0.25) is 4.79 Å². The van der Waals surface area contributed by atoms with Crippen molar-refractivity contribution in [3.8, 4) is 0 Å². The van der Waals surface area contributed by atoms with E-state index in [9.17, 15) is 4.79 Å². The molecule has 1 saturated carbocycles. The monoisotopic (exact) mass is 296 g/mol. The van der Waals surface area contributed by atoms with Gasteiger partial charge in [-0.15, -0.1) is 12.4 Å². The van der Waals surface area contributed by atoms with Crippen molar-refractivity contribution in [2.45, 2.75) is 51.1 Å². The second-order valence-corrected chi connectivity index (χ2v) is 5.61. The predicted octanol–water partition coefficient (Wildman–Crippen LogP) is 3.19. The lowest BCUT2D eigenvalue weighted by atomic mass is 9.83. The van der Waals surface area contributed by atoms with Gasteiger partial charge in [0, 0.05) is 12.5 Å². The summed E-state index contributed by atoms with van der Waals surface area (Å²) in [6.45, 7) is 2.02. The molecule has 3 unspecified atom stereocenters. The lowest BCUT2D eigenvalue weighted by molar-refractivity contribution is -0.123. The molecule has 0 heterocycles. The fraction of sp³-hybridized carbons (Fsp3) is 0.562.